The number of nitrogens with one attached hydrogen (secondary N) is 3. The van der Waals surface area contributed by atoms with Gasteiger partial charge >= 0.3 is 0 Å². The number of nitrogens with zero attached hydrogens (tertiary/aromatic N) is 1. The number of hydrogen-bond acceptors (Lipinski definition) is 4. The number of carbonyl (C=O) groups is 3. The van der Waals surface area contributed by atoms with Gasteiger partial charge in [-0.2, -0.15) is 0 Å². The number of benzene rings is 1. The van der Waals surface area contributed by atoms with Crippen LogP contribution in [-0.2, 0) is 9.59 Å². The molecular weight excluding hydrogens is 308 g/mol. The molecule has 0 spiro atoms. The SMILES string of the molecule is CNC(=O)c1cccc(NCC(=O)NCC(=O)N2CCCC2)c1C. The summed E-state index contributed by atoms with van der Waals surface area (Å²) < 4.78 is 0. The van der Waals surface area contributed by atoms with Crippen LogP contribution in [0.2, 0.25) is 0 Å². The Balaban J connectivity index is 1.83. The molecule has 2 rings (SSSR count). The zero-order valence-electron chi connectivity index (χ0n) is 14.1. The smallest absolute Gasteiger partial charge is 0.251 e. The molecule has 0 radical (unpaired) electrons. The van der Waals surface area contributed by atoms with Crippen LogP contribution in [0.1, 0.15) is 28.8 Å². The van der Waals surface area contributed by atoms with E-state index < -0.39 is 0 Å². The molecule has 1 aromatic rings. The van der Waals surface area contributed by atoms with Crippen molar-refractivity contribution in [3.63, 3.8) is 0 Å². The lowest BCUT2D eigenvalue weighted by Crippen LogP contribution is -2.40. The summed E-state index contributed by atoms with van der Waals surface area (Å²) in [5, 5.41) is 8.22. The Hall–Kier alpha value is -2.57. The second kappa shape index (κ2) is 8.33. The highest BCUT2D eigenvalue weighted by Gasteiger charge is 2.18. The maximum absolute atomic E-state index is 11.9. The van der Waals surface area contributed by atoms with Gasteiger partial charge in [0.25, 0.3) is 5.91 Å². The van der Waals surface area contributed by atoms with Crippen LogP contribution in [-0.4, -0.2) is 55.8 Å². The Bertz CT molecular complexity index is 624. The third kappa shape index (κ3) is 4.47. The van der Waals surface area contributed by atoms with Crippen molar-refractivity contribution in [3.8, 4) is 0 Å². The van der Waals surface area contributed by atoms with Crippen molar-refractivity contribution in [2.75, 3.05) is 38.5 Å². The van der Waals surface area contributed by atoms with Gasteiger partial charge in [-0.25, -0.2) is 0 Å². The summed E-state index contributed by atoms with van der Waals surface area (Å²) in [4.78, 5) is 37.3. The third-order valence-corrected chi connectivity index (χ3v) is 4.14. The monoisotopic (exact) mass is 332 g/mol. The van der Waals surface area contributed by atoms with Crippen LogP contribution in [0, 0.1) is 6.92 Å². The average molecular weight is 332 g/mol. The average Bonchev–Trinajstić information content (AvgIpc) is 3.12. The molecule has 1 aliphatic heterocycles. The van der Waals surface area contributed by atoms with Crippen molar-refractivity contribution < 1.29 is 14.4 Å². The molecule has 3 N–H and O–H groups in total. The molecule has 0 bridgehead atoms. The van der Waals surface area contributed by atoms with Gasteiger partial charge in [-0.05, 0) is 37.5 Å². The molecule has 1 heterocycles. The lowest BCUT2D eigenvalue weighted by atomic mass is 10.1. The van der Waals surface area contributed by atoms with Gasteiger partial charge in [0.1, 0.15) is 0 Å². The summed E-state index contributed by atoms with van der Waals surface area (Å²) in [7, 11) is 1.58. The molecule has 0 unspecified atom stereocenters. The maximum Gasteiger partial charge on any atom is 0.251 e. The minimum atomic E-state index is -0.257. The van der Waals surface area contributed by atoms with Crippen LogP contribution in [0.5, 0.6) is 0 Å². The van der Waals surface area contributed by atoms with Crippen molar-refractivity contribution in [2.24, 2.45) is 0 Å². The van der Waals surface area contributed by atoms with E-state index in [0.717, 1.165) is 37.2 Å². The topological polar surface area (TPSA) is 90.5 Å². The predicted molar refractivity (Wildman–Crippen MR) is 91.9 cm³/mol. The van der Waals surface area contributed by atoms with Gasteiger partial charge in [0.05, 0.1) is 13.1 Å². The first-order valence-corrected chi connectivity index (χ1v) is 8.13. The molecule has 1 aliphatic rings. The van der Waals surface area contributed by atoms with Crippen molar-refractivity contribution in [3.05, 3.63) is 29.3 Å². The second-order valence-corrected chi connectivity index (χ2v) is 5.78. The Labute approximate surface area is 141 Å². The Morgan fingerprint density at radius 1 is 1.12 bits per heavy atom. The van der Waals surface area contributed by atoms with Crippen LogP contribution in [0.4, 0.5) is 5.69 Å². The lowest BCUT2D eigenvalue weighted by molar-refractivity contribution is -0.131. The molecule has 0 atom stereocenters. The molecule has 7 heteroatoms. The number of likely N-dealkylation sites (tertiary alicyclic amines) is 1. The Kier molecular flexibility index (Phi) is 6.17. The highest BCUT2D eigenvalue weighted by Crippen LogP contribution is 2.18. The zero-order chi connectivity index (χ0) is 17.5. The zero-order valence-corrected chi connectivity index (χ0v) is 14.1. The molecule has 1 aromatic carbocycles. The van der Waals surface area contributed by atoms with Crippen molar-refractivity contribution in [1.82, 2.24) is 15.5 Å². The van der Waals surface area contributed by atoms with E-state index in [9.17, 15) is 14.4 Å². The van der Waals surface area contributed by atoms with E-state index in [1.54, 1.807) is 24.1 Å². The lowest BCUT2D eigenvalue weighted by Gasteiger charge is -2.16. The normalized spacial score (nSPS) is 13.5. The Morgan fingerprint density at radius 3 is 2.50 bits per heavy atom. The largest absolute Gasteiger partial charge is 0.376 e. The summed E-state index contributed by atoms with van der Waals surface area (Å²) in [6.45, 7) is 3.45. The fourth-order valence-electron chi connectivity index (χ4n) is 2.70. The molecule has 0 saturated carbocycles. The number of hydrogen-bond donors (Lipinski definition) is 3. The maximum atomic E-state index is 11.9. The van der Waals surface area contributed by atoms with Gasteiger partial charge in [0.2, 0.25) is 11.8 Å². The highest BCUT2D eigenvalue weighted by atomic mass is 16.2. The number of anilines is 1. The van der Waals surface area contributed by atoms with Crippen LogP contribution in [0.3, 0.4) is 0 Å². The van der Waals surface area contributed by atoms with Gasteiger partial charge in [0, 0.05) is 31.4 Å². The number of carbonyl (C=O) groups excluding carboxylic acids is 3. The summed E-state index contributed by atoms with van der Waals surface area (Å²) in [5.41, 5.74) is 2.06. The third-order valence-electron chi connectivity index (χ3n) is 4.14. The highest BCUT2D eigenvalue weighted by molar-refractivity contribution is 5.97. The molecular formula is C17H24N4O3. The molecule has 130 valence electrons. The quantitative estimate of drug-likeness (QED) is 0.708. The molecule has 0 aliphatic carbocycles. The van der Waals surface area contributed by atoms with Crippen molar-refractivity contribution in [1.29, 1.82) is 0 Å². The van der Waals surface area contributed by atoms with E-state index in [1.807, 2.05) is 13.0 Å². The van der Waals surface area contributed by atoms with Gasteiger partial charge in [0.15, 0.2) is 0 Å². The first kappa shape index (κ1) is 17.8. The predicted octanol–water partition coefficient (Wildman–Crippen LogP) is 0.505. The first-order valence-electron chi connectivity index (χ1n) is 8.13. The van der Waals surface area contributed by atoms with Gasteiger partial charge < -0.3 is 20.9 Å². The standard InChI is InChI=1S/C17H24N4O3/c1-12-13(17(24)18-2)6-5-7-14(12)19-10-15(22)20-11-16(23)21-8-3-4-9-21/h5-7,19H,3-4,8-11H2,1-2H3,(H,18,24)(H,20,22). The summed E-state index contributed by atoms with van der Waals surface area (Å²) in [6.07, 6.45) is 2.06. The van der Waals surface area contributed by atoms with E-state index >= 15 is 0 Å². The van der Waals surface area contributed by atoms with E-state index in [1.165, 1.54) is 0 Å². The fraction of sp³-hybridized carbons (Fsp3) is 0.471. The molecule has 3 amide bonds. The van der Waals surface area contributed by atoms with Crippen molar-refractivity contribution >= 4 is 23.4 Å². The molecule has 24 heavy (non-hydrogen) atoms. The van der Waals surface area contributed by atoms with E-state index in [2.05, 4.69) is 16.0 Å². The van der Waals surface area contributed by atoms with Crippen LogP contribution >= 0.6 is 0 Å². The number of rotatable bonds is 6. The van der Waals surface area contributed by atoms with Crippen LogP contribution in [0.25, 0.3) is 0 Å². The minimum absolute atomic E-state index is 0.0256. The van der Waals surface area contributed by atoms with E-state index in [-0.39, 0.29) is 30.8 Å². The second-order valence-electron chi connectivity index (χ2n) is 5.78. The molecule has 1 fully saturated rings. The molecule has 0 aromatic heterocycles. The first-order chi connectivity index (χ1) is 11.5. The Morgan fingerprint density at radius 2 is 1.83 bits per heavy atom. The molecule has 7 nitrogen and oxygen atoms in total. The summed E-state index contributed by atoms with van der Waals surface area (Å²) in [6, 6.07) is 5.30. The minimum Gasteiger partial charge on any atom is -0.376 e. The van der Waals surface area contributed by atoms with Crippen molar-refractivity contribution in [2.45, 2.75) is 19.8 Å². The van der Waals surface area contributed by atoms with E-state index in [4.69, 9.17) is 0 Å². The fourth-order valence-corrected chi connectivity index (χ4v) is 2.70. The molecule has 1 saturated heterocycles. The summed E-state index contributed by atoms with van der Waals surface area (Å²) in [5.74, 6) is -0.470. The van der Waals surface area contributed by atoms with Gasteiger partial charge in [-0.15, -0.1) is 0 Å². The van der Waals surface area contributed by atoms with Gasteiger partial charge in [-0.1, -0.05) is 6.07 Å². The summed E-state index contributed by atoms with van der Waals surface area (Å²) >= 11 is 0. The van der Waals surface area contributed by atoms with Crippen LogP contribution < -0.4 is 16.0 Å². The van der Waals surface area contributed by atoms with E-state index in [0.29, 0.717) is 5.56 Å². The van der Waals surface area contributed by atoms with Gasteiger partial charge in [-0.3, -0.25) is 14.4 Å². The van der Waals surface area contributed by atoms with Crippen LogP contribution in [0.15, 0.2) is 18.2 Å². The number of amides is 3.